The van der Waals surface area contributed by atoms with Crippen LogP contribution in [0.25, 0.3) is 10.2 Å². The summed E-state index contributed by atoms with van der Waals surface area (Å²) in [4.78, 5) is 29.5. The molecule has 0 fully saturated rings. The molecule has 1 aliphatic rings. The molecule has 1 atom stereocenters. The molecule has 3 heterocycles. The zero-order chi connectivity index (χ0) is 17.4. The van der Waals surface area contributed by atoms with Gasteiger partial charge in [-0.05, 0) is 36.1 Å². The number of benzene rings is 1. The van der Waals surface area contributed by atoms with Crippen LogP contribution in [-0.4, -0.2) is 22.3 Å². The van der Waals surface area contributed by atoms with Gasteiger partial charge in [0.25, 0.3) is 5.56 Å². The average molecular weight is 357 g/mol. The predicted molar refractivity (Wildman–Crippen MR) is 93.0 cm³/mol. The topological polar surface area (TPSA) is 82.5 Å². The van der Waals surface area contributed by atoms with Crippen molar-refractivity contribution in [3.8, 4) is 11.5 Å². The second-order valence-electron chi connectivity index (χ2n) is 5.72. The molecule has 4 rings (SSSR count). The van der Waals surface area contributed by atoms with Gasteiger partial charge in [0.15, 0.2) is 11.5 Å². The first-order valence-electron chi connectivity index (χ1n) is 7.73. The van der Waals surface area contributed by atoms with E-state index in [4.69, 9.17) is 9.47 Å². The Hall–Kier alpha value is -2.87. The van der Waals surface area contributed by atoms with Crippen molar-refractivity contribution in [2.75, 3.05) is 6.79 Å². The van der Waals surface area contributed by atoms with Gasteiger partial charge in [-0.3, -0.25) is 14.2 Å². The highest BCUT2D eigenvalue weighted by Gasteiger charge is 2.17. The molecule has 0 radical (unpaired) electrons. The van der Waals surface area contributed by atoms with Crippen molar-refractivity contribution < 1.29 is 14.3 Å². The van der Waals surface area contributed by atoms with Crippen LogP contribution in [0.2, 0.25) is 0 Å². The number of nitrogens with one attached hydrogen (secondary N) is 1. The van der Waals surface area contributed by atoms with Gasteiger partial charge in [-0.2, -0.15) is 0 Å². The lowest BCUT2D eigenvalue weighted by molar-refractivity contribution is -0.122. The highest BCUT2D eigenvalue weighted by molar-refractivity contribution is 7.16. The maximum Gasteiger partial charge on any atom is 0.262 e. The van der Waals surface area contributed by atoms with Crippen LogP contribution < -0.4 is 20.3 Å². The Labute approximate surface area is 146 Å². The molecule has 8 heteroatoms. The van der Waals surface area contributed by atoms with E-state index >= 15 is 0 Å². The summed E-state index contributed by atoms with van der Waals surface area (Å²) in [6.07, 6.45) is 1.41. The van der Waals surface area contributed by atoms with Crippen molar-refractivity contribution in [1.29, 1.82) is 0 Å². The molecule has 1 aromatic carbocycles. The third-order valence-electron chi connectivity index (χ3n) is 4.04. The first-order valence-corrected chi connectivity index (χ1v) is 8.61. The number of amides is 1. The fraction of sp³-hybridized carbons (Fsp3) is 0.235. The maximum atomic E-state index is 12.3. The van der Waals surface area contributed by atoms with Crippen molar-refractivity contribution in [2.45, 2.75) is 19.5 Å². The highest BCUT2D eigenvalue weighted by Crippen LogP contribution is 2.34. The predicted octanol–water partition coefficient (Wildman–Crippen LogP) is 2.06. The number of hydrogen-bond donors (Lipinski definition) is 1. The van der Waals surface area contributed by atoms with Crippen LogP contribution in [0.3, 0.4) is 0 Å². The molecule has 0 aliphatic carbocycles. The van der Waals surface area contributed by atoms with E-state index < -0.39 is 0 Å². The number of nitrogens with zero attached hydrogens (tertiary/aromatic N) is 2. The number of hydrogen-bond acceptors (Lipinski definition) is 6. The van der Waals surface area contributed by atoms with Crippen LogP contribution in [-0.2, 0) is 11.3 Å². The van der Waals surface area contributed by atoms with Crippen LogP contribution in [0, 0.1) is 0 Å². The number of aromatic nitrogens is 2. The van der Waals surface area contributed by atoms with Gasteiger partial charge < -0.3 is 14.8 Å². The van der Waals surface area contributed by atoms with Crippen molar-refractivity contribution in [1.82, 2.24) is 14.9 Å². The van der Waals surface area contributed by atoms with Crippen LogP contribution in [0.4, 0.5) is 0 Å². The molecular formula is C17H15N3O4S. The van der Waals surface area contributed by atoms with Crippen LogP contribution in [0.15, 0.2) is 40.8 Å². The molecule has 1 amide bonds. The lowest BCUT2D eigenvalue weighted by atomic mass is 10.1. The highest BCUT2D eigenvalue weighted by atomic mass is 32.1. The summed E-state index contributed by atoms with van der Waals surface area (Å²) >= 11 is 1.40. The summed E-state index contributed by atoms with van der Waals surface area (Å²) < 4.78 is 11.9. The summed E-state index contributed by atoms with van der Waals surface area (Å²) in [5, 5.41) is 5.23. The van der Waals surface area contributed by atoms with Crippen LogP contribution in [0.5, 0.6) is 11.5 Å². The molecule has 128 valence electrons. The quantitative estimate of drug-likeness (QED) is 0.773. The number of fused-ring (bicyclic) bond motifs is 2. The number of rotatable bonds is 4. The molecule has 0 saturated heterocycles. The molecular weight excluding hydrogens is 342 g/mol. The SMILES string of the molecule is C[C@@H](NC(=O)Cn1cnc2sccc2c1=O)c1ccc2c(c1)OCO2. The van der Waals surface area contributed by atoms with Gasteiger partial charge in [-0.25, -0.2) is 4.98 Å². The Morgan fingerprint density at radius 3 is 3.08 bits per heavy atom. The average Bonchev–Trinajstić information content (AvgIpc) is 3.25. The van der Waals surface area contributed by atoms with Crippen LogP contribution in [0.1, 0.15) is 18.5 Å². The van der Waals surface area contributed by atoms with E-state index in [1.807, 2.05) is 30.5 Å². The van der Waals surface area contributed by atoms with Gasteiger partial charge in [0.05, 0.1) is 17.8 Å². The smallest absolute Gasteiger partial charge is 0.262 e. The molecule has 0 spiro atoms. The zero-order valence-electron chi connectivity index (χ0n) is 13.4. The summed E-state index contributed by atoms with van der Waals surface area (Å²) in [5.74, 6) is 1.11. The van der Waals surface area contributed by atoms with E-state index in [1.54, 1.807) is 6.07 Å². The summed E-state index contributed by atoms with van der Waals surface area (Å²) in [5.41, 5.74) is 0.688. The Kier molecular flexibility index (Phi) is 3.89. The minimum absolute atomic E-state index is 0.0769. The van der Waals surface area contributed by atoms with Crippen molar-refractivity contribution in [2.24, 2.45) is 0 Å². The molecule has 7 nitrogen and oxygen atoms in total. The van der Waals surface area contributed by atoms with E-state index in [-0.39, 0.29) is 30.8 Å². The third kappa shape index (κ3) is 2.96. The molecule has 3 aromatic rings. The molecule has 0 unspecified atom stereocenters. The lowest BCUT2D eigenvalue weighted by Gasteiger charge is -2.15. The molecule has 1 aliphatic heterocycles. The normalized spacial score (nSPS) is 13.8. The Morgan fingerprint density at radius 2 is 2.20 bits per heavy atom. The molecule has 2 aromatic heterocycles. The van der Waals surface area contributed by atoms with Crippen molar-refractivity contribution >= 4 is 27.5 Å². The summed E-state index contributed by atoms with van der Waals surface area (Å²) in [6.45, 7) is 2.01. The Morgan fingerprint density at radius 1 is 1.36 bits per heavy atom. The number of thiophene rings is 1. The largest absolute Gasteiger partial charge is 0.454 e. The van der Waals surface area contributed by atoms with Gasteiger partial charge in [0.1, 0.15) is 11.4 Å². The van der Waals surface area contributed by atoms with Gasteiger partial charge in [-0.15, -0.1) is 11.3 Å². The van der Waals surface area contributed by atoms with Crippen molar-refractivity contribution in [3.63, 3.8) is 0 Å². The molecule has 0 saturated carbocycles. The first kappa shape index (κ1) is 15.6. The summed E-state index contributed by atoms with van der Waals surface area (Å²) in [6, 6.07) is 7.04. The monoisotopic (exact) mass is 357 g/mol. The fourth-order valence-corrected chi connectivity index (χ4v) is 3.44. The van der Waals surface area contributed by atoms with E-state index in [2.05, 4.69) is 10.3 Å². The molecule has 1 N–H and O–H groups in total. The maximum absolute atomic E-state index is 12.3. The van der Waals surface area contributed by atoms with E-state index in [1.165, 1.54) is 22.2 Å². The lowest BCUT2D eigenvalue weighted by Crippen LogP contribution is -2.33. The van der Waals surface area contributed by atoms with Gasteiger partial charge >= 0.3 is 0 Å². The van der Waals surface area contributed by atoms with Gasteiger partial charge in [0.2, 0.25) is 12.7 Å². The minimum Gasteiger partial charge on any atom is -0.454 e. The standard InChI is InChI=1S/C17H15N3O4S/c1-10(11-2-3-13-14(6-11)24-9-23-13)19-15(21)7-20-8-18-16-12(17(20)22)4-5-25-16/h2-6,8,10H,7,9H2,1H3,(H,19,21)/t10-/m1/s1. The minimum atomic E-state index is -0.261. The molecule has 25 heavy (non-hydrogen) atoms. The van der Waals surface area contributed by atoms with Crippen LogP contribution >= 0.6 is 11.3 Å². The number of carbonyl (C=O) groups excluding carboxylic acids is 1. The van der Waals surface area contributed by atoms with E-state index in [0.717, 1.165) is 5.56 Å². The summed E-state index contributed by atoms with van der Waals surface area (Å²) in [7, 11) is 0. The molecule has 0 bridgehead atoms. The fourth-order valence-electron chi connectivity index (χ4n) is 2.71. The Balaban J connectivity index is 1.47. The van der Waals surface area contributed by atoms with Gasteiger partial charge in [0, 0.05) is 0 Å². The number of ether oxygens (including phenoxy) is 2. The Bertz CT molecular complexity index is 1010. The van der Waals surface area contributed by atoms with Crippen molar-refractivity contribution in [3.05, 3.63) is 51.9 Å². The second kappa shape index (κ2) is 6.21. The second-order valence-corrected chi connectivity index (χ2v) is 6.61. The number of carbonyl (C=O) groups is 1. The first-order chi connectivity index (χ1) is 12.1. The van der Waals surface area contributed by atoms with E-state index in [9.17, 15) is 9.59 Å². The van der Waals surface area contributed by atoms with E-state index in [0.29, 0.717) is 21.7 Å². The zero-order valence-corrected chi connectivity index (χ0v) is 14.2. The third-order valence-corrected chi connectivity index (χ3v) is 4.86. The van der Waals surface area contributed by atoms with Gasteiger partial charge in [-0.1, -0.05) is 6.07 Å².